The number of nitrogens with two attached hydrogens (primary N) is 1. The van der Waals surface area contributed by atoms with Crippen LogP contribution in [0.25, 0.3) is 0 Å². The molecule has 16 heteroatoms. The summed E-state index contributed by atoms with van der Waals surface area (Å²) < 4.78 is 55.9. The molecule has 6 rings (SSSR count). The van der Waals surface area contributed by atoms with Crippen molar-refractivity contribution in [3.05, 3.63) is 53.6 Å². The third-order valence-corrected chi connectivity index (χ3v) is 8.58. The molecular formula is C35H45F3N8O5. The van der Waals surface area contributed by atoms with Crippen LogP contribution in [-0.2, 0) is 11.3 Å². The second-order valence-corrected chi connectivity index (χ2v) is 13.1. The molecule has 13 nitrogen and oxygen atoms in total. The summed E-state index contributed by atoms with van der Waals surface area (Å²) in [5, 5.41) is 8.96. The molecule has 1 saturated carbocycles. The highest BCUT2D eigenvalue weighted by molar-refractivity contribution is 5.97. The molecule has 3 aromatic rings. The van der Waals surface area contributed by atoms with Gasteiger partial charge in [-0.15, -0.1) is 0 Å². The minimum atomic E-state index is -4.61. The molecule has 276 valence electrons. The lowest BCUT2D eigenvalue weighted by molar-refractivity contribution is -0.154. The van der Waals surface area contributed by atoms with Gasteiger partial charge in [0, 0.05) is 49.3 Å². The normalized spacial score (nSPS) is 16.6. The highest BCUT2D eigenvalue weighted by atomic mass is 19.4. The van der Waals surface area contributed by atoms with Crippen molar-refractivity contribution in [2.45, 2.75) is 58.7 Å². The minimum absolute atomic E-state index is 0.0229. The van der Waals surface area contributed by atoms with Crippen molar-refractivity contribution in [2.24, 2.45) is 17.1 Å². The van der Waals surface area contributed by atoms with Crippen LogP contribution in [0.3, 0.4) is 0 Å². The van der Waals surface area contributed by atoms with E-state index in [-0.39, 0.29) is 53.9 Å². The number of benzene rings is 2. The molecule has 0 unspecified atom stereocenters. The molecule has 2 amide bonds. The second kappa shape index (κ2) is 16.9. The van der Waals surface area contributed by atoms with Gasteiger partial charge in [-0.25, -0.2) is 0 Å². The Kier molecular flexibility index (Phi) is 12.4. The average Bonchev–Trinajstić information content (AvgIpc) is 3.89. The zero-order chi connectivity index (χ0) is 36.4. The number of nitrogens with one attached hydrogen (secondary N) is 3. The van der Waals surface area contributed by atoms with Crippen molar-refractivity contribution in [3.8, 4) is 17.5 Å². The third kappa shape index (κ3) is 11.3. The number of rotatable bonds is 7. The van der Waals surface area contributed by atoms with E-state index in [2.05, 4.69) is 30.9 Å². The van der Waals surface area contributed by atoms with Gasteiger partial charge in [-0.1, -0.05) is 26.0 Å². The number of fused-ring (bicyclic) bond motifs is 12. The summed E-state index contributed by atoms with van der Waals surface area (Å²) in [6.45, 7) is 5.08. The van der Waals surface area contributed by atoms with Crippen molar-refractivity contribution < 1.29 is 37.0 Å². The number of amides is 2. The Balaban J connectivity index is 1.41. The fraction of sp³-hybridized carbons (Fsp3) is 0.514. The molecule has 0 saturated heterocycles. The van der Waals surface area contributed by atoms with E-state index < -0.39 is 18.8 Å². The van der Waals surface area contributed by atoms with Gasteiger partial charge in [0.25, 0.3) is 5.91 Å². The van der Waals surface area contributed by atoms with Crippen LogP contribution in [-0.4, -0.2) is 83.8 Å². The number of anilines is 3. The topological polar surface area (TPSA) is 166 Å². The van der Waals surface area contributed by atoms with E-state index in [4.69, 9.17) is 19.9 Å². The van der Waals surface area contributed by atoms with Crippen LogP contribution in [0.2, 0.25) is 0 Å². The first-order chi connectivity index (χ1) is 24.4. The lowest BCUT2D eigenvalue weighted by Gasteiger charge is -2.25. The zero-order valence-corrected chi connectivity index (χ0v) is 28.9. The standard InChI is InChI=1S/C35H45F3N8O5/c1-23(2)30(48)46-14-3-4-16-50-28-18-25(8-11-27(28)29(47)41-21-34(20-39)12-13-34)42-32-43-31(44-33(45-32)51-22-35(36,37)38)40-19-24-6-9-26(10-7-24)49-17-5-15-46/h6-11,18,23H,3-5,12-17,19-22,39H2,1-2H3,(H,41,47)(H2,40,42,43,44,45). The van der Waals surface area contributed by atoms with Crippen LogP contribution < -0.4 is 35.9 Å². The van der Waals surface area contributed by atoms with Gasteiger partial charge in [-0.2, -0.15) is 28.1 Å². The summed E-state index contributed by atoms with van der Waals surface area (Å²) in [5.41, 5.74) is 7.36. The molecule has 3 aliphatic rings. The SMILES string of the molecule is CC(C)C(=O)N1CCCCOc2cc(ccc2C(=O)NCC2(CN)CC2)Nc2nc(nc(OCC(F)(F)F)n2)NCc2ccc(cc2)OCCC1. The molecule has 2 aromatic carbocycles. The van der Waals surface area contributed by atoms with Gasteiger partial charge in [0.15, 0.2) is 6.61 Å². The molecule has 6 bridgehead atoms. The molecule has 51 heavy (non-hydrogen) atoms. The van der Waals surface area contributed by atoms with Gasteiger partial charge in [-0.3, -0.25) is 9.59 Å². The summed E-state index contributed by atoms with van der Waals surface area (Å²) in [6, 6.07) is 11.6. The van der Waals surface area contributed by atoms with Gasteiger partial charge in [0.05, 0.1) is 18.8 Å². The van der Waals surface area contributed by atoms with E-state index in [1.807, 2.05) is 43.0 Å². The first kappa shape index (κ1) is 37.4. The Morgan fingerprint density at radius 1 is 1.00 bits per heavy atom. The quantitative estimate of drug-likeness (QED) is 0.258. The molecule has 3 heterocycles. The fourth-order valence-corrected chi connectivity index (χ4v) is 5.35. The number of carbonyl (C=O) groups is 2. The smallest absolute Gasteiger partial charge is 0.422 e. The minimum Gasteiger partial charge on any atom is -0.494 e. The Morgan fingerprint density at radius 3 is 2.43 bits per heavy atom. The van der Waals surface area contributed by atoms with E-state index in [1.54, 1.807) is 18.2 Å². The van der Waals surface area contributed by atoms with Crippen LogP contribution in [0, 0.1) is 11.3 Å². The highest BCUT2D eigenvalue weighted by Crippen LogP contribution is 2.43. The van der Waals surface area contributed by atoms with Crippen molar-refractivity contribution in [2.75, 3.05) is 56.6 Å². The molecule has 1 fully saturated rings. The lowest BCUT2D eigenvalue weighted by Crippen LogP contribution is -2.36. The van der Waals surface area contributed by atoms with Crippen LogP contribution >= 0.6 is 0 Å². The summed E-state index contributed by atoms with van der Waals surface area (Å²) in [4.78, 5) is 40.5. The van der Waals surface area contributed by atoms with Crippen LogP contribution in [0.5, 0.6) is 17.5 Å². The Labute approximate surface area is 294 Å². The van der Waals surface area contributed by atoms with Gasteiger partial charge >= 0.3 is 12.2 Å². The maximum atomic E-state index is 13.3. The van der Waals surface area contributed by atoms with E-state index >= 15 is 0 Å². The average molecular weight is 715 g/mol. The number of halogens is 3. The van der Waals surface area contributed by atoms with Crippen molar-refractivity contribution in [3.63, 3.8) is 0 Å². The predicted octanol–water partition coefficient (Wildman–Crippen LogP) is 5.06. The summed E-state index contributed by atoms with van der Waals surface area (Å²) >= 11 is 0. The maximum absolute atomic E-state index is 13.3. The highest BCUT2D eigenvalue weighted by Gasteiger charge is 2.41. The van der Waals surface area contributed by atoms with E-state index in [9.17, 15) is 22.8 Å². The number of aromatic nitrogens is 3. The Bertz CT molecular complexity index is 1640. The molecular weight excluding hydrogens is 669 g/mol. The summed E-state index contributed by atoms with van der Waals surface area (Å²) in [5.74, 6) is 0.412. The van der Waals surface area contributed by atoms with Crippen molar-refractivity contribution in [1.82, 2.24) is 25.2 Å². The fourth-order valence-electron chi connectivity index (χ4n) is 5.35. The summed E-state index contributed by atoms with van der Waals surface area (Å²) in [6.07, 6.45) is -0.803. The number of alkyl halides is 3. The van der Waals surface area contributed by atoms with E-state index in [0.717, 1.165) is 18.4 Å². The number of hydrogen-bond donors (Lipinski definition) is 4. The monoisotopic (exact) mass is 714 g/mol. The molecule has 1 aliphatic carbocycles. The van der Waals surface area contributed by atoms with Gasteiger partial charge < -0.3 is 40.8 Å². The van der Waals surface area contributed by atoms with Gasteiger partial charge in [-0.05, 0) is 68.5 Å². The van der Waals surface area contributed by atoms with Crippen LogP contribution in [0.1, 0.15) is 61.9 Å². The summed E-state index contributed by atoms with van der Waals surface area (Å²) in [7, 11) is 0. The first-order valence-corrected chi connectivity index (χ1v) is 17.1. The largest absolute Gasteiger partial charge is 0.494 e. The van der Waals surface area contributed by atoms with E-state index in [0.29, 0.717) is 69.0 Å². The van der Waals surface area contributed by atoms with E-state index in [1.165, 1.54) is 0 Å². The molecule has 5 N–H and O–H groups in total. The van der Waals surface area contributed by atoms with Crippen LogP contribution in [0.15, 0.2) is 42.5 Å². The second-order valence-electron chi connectivity index (χ2n) is 13.1. The van der Waals surface area contributed by atoms with Gasteiger partial charge in [0.1, 0.15) is 11.5 Å². The molecule has 0 radical (unpaired) electrons. The molecule has 1 aromatic heterocycles. The number of hydrogen-bond acceptors (Lipinski definition) is 11. The van der Waals surface area contributed by atoms with Crippen molar-refractivity contribution in [1.29, 1.82) is 0 Å². The zero-order valence-electron chi connectivity index (χ0n) is 28.9. The van der Waals surface area contributed by atoms with Crippen LogP contribution in [0.4, 0.5) is 30.8 Å². The first-order valence-electron chi connectivity index (χ1n) is 17.1. The Hall–Kier alpha value is -4.86. The maximum Gasteiger partial charge on any atom is 0.422 e. The number of nitrogens with zero attached hydrogens (tertiary/aromatic N) is 4. The lowest BCUT2D eigenvalue weighted by atomic mass is 10.1. The molecule has 0 atom stereocenters. The third-order valence-electron chi connectivity index (χ3n) is 8.58. The molecule has 2 aliphatic heterocycles. The van der Waals surface area contributed by atoms with Gasteiger partial charge in [0.2, 0.25) is 17.8 Å². The van der Waals surface area contributed by atoms with Crippen molar-refractivity contribution >= 4 is 29.4 Å². The Morgan fingerprint density at radius 2 is 1.73 bits per heavy atom. The number of carbonyl (C=O) groups excluding carboxylic acids is 2. The molecule has 0 spiro atoms. The predicted molar refractivity (Wildman–Crippen MR) is 184 cm³/mol. The number of ether oxygens (including phenoxy) is 3.